The minimum Gasteiger partial charge on any atom is -0.477 e. The average molecular weight is 346 g/mol. The zero-order valence-corrected chi connectivity index (χ0v) is 14.0. The fourth-order valence-electron chi connectivity index (χ4n) is 1.41. The van der Waals surface area contributed by atoms with Gasteiger partial charge in [-0.05, 0) is 12.1 Å². The minimum atomic E-state index is -3.81. The highest BCUT2D eigenvalue weighted by atomic mass is 32.2. The molecule has 0 unspecified atom stereocenters. The fourth-order valence-corrected chi connectivity index (χ4v) is 4.74. The lowest BCUT2D eigenvalue weighted by Crippen LogP contribution is -2.14. The lowest BCUT2D eigenvalue weighted by atomic mass is 9.93. The molecule has 0 aliphatic carbocycles. The number of aromatic nitrogens is 1. The Morgan fingerprint density at radius 2 is 2.00 bits per heavy atom. The molecule has 9 heteroatoms. The predicted molar refractivity (Wildman–Crippen MR) is 82.9 cm³/mol. The van der Waals surface area contributed by atoms with Crippen molar-refractivity contribution >= 4 is 43.8 Å². The van der Waals surface area contributed by atoms with Crippen molar-refractivity contribution in [2.45, 2.75) is 30.4 Å². The molecule has 114 valence electrons. The van der Waals surface area contributed by atoms with E-state index in [9.17, 15) is 13.2 Å². The number of carboxylic acids is 1. The smallest absolute Gasteiger partial charge is 0.345 e. The van der Waals surface area contributed by atoms with Crippen LogP contribution in [0.1, 0.15) is 36.1 Å². The van der Waals surface area contributed by atoms with E-state index in [0.717, 1.165) is 5.69 Å². The number of rotatable bonds is 4. The van der Waals surface area contributed by atoms with E-state index in [2.05, 4.69) is 9.71 Å². The molecule has 0 atom stereocenters. The van der Waals surface area contributed by atoms with Gasteiger partial charge in [0.1, 0.15) is 9.09 Å². The first kappa shape index (κ1) is 15.9. The van der Waals surface area contributed by atoms with Crippen molar-refractivity contribution < 1.29 is 18.3 Å². The first-order chi connectivity index (χ1) is 9.59. The zero-order valence-electron chi connectivity index (χ0n) is 11.6. The molecule has 2 rings (SSSR count). The minimum absolute atomic E-state index is 0.0232. The Morgan fingerprint density at radius 1 is 1.33 bits per heavy atom. The molecule has 2 heterocycles. The summed E-state index contributed by atoms with van der Waals surface area (Å²) in [5, 5.41) is 10.9. The molecule has 0 aliphatic heterocycles. The number of hydrogen-bond acceptors (Lipinski definition) is 6. The lowest BCUT2D eigenvalue weighted by Gasteiger charge is -2.14. The van der Waals surface area contributed by atoms with Crippen LogP contribution in [0.15, 0.2) is 21.7 Å². The molecular formula is C12H14N2O4S3. The molecule has 2 N–H and O–H groups in total. The second kappa shape index (κ2) is 5.39. The van der Waals surface area contributed by atoms with Gasteiger partial charge in [-0.15, -0.1) is 22.7 Å². The van der Waals surface area contributed by atoms with Gasteiger partial charge in [-0.1, -0.05) is 20.8 Å². The van der Waals surface area contributed by atoms with Gasteiger partial charge in [-0.25, -0.2) is 18.2 Å². The number of carboxylic acid groups (broad SMARTS) is 1. The summed E-state index contributed by atoms with van der Waals surface area (Å²) in [6.45, 7) is 5.95. The van der Waals surface area contributed by atoms with Crippen molar-refractivity contribution in [3.63, 3.8) is 0 Å². The van der Waals surface area contributed by atoms with Crippen LogP contribution in [0.5, 0.6) is 0 Å². The second-order valence-electron chi connectivity index (χ2n) is 5.32. The quantitative estimate of drug-likeness (QED) is 0.887. The third kappa shape index (κ3) is 3.60. The molecule has 6 nitrogen and oxygen atoms in total. The molecule has 21 heavy (non-hydrogen) atoms. The van der Waals surface area contributed by atoms with Gasteiger partial charge in [0.25, 0.3) is 10.0 Å². The zero-order chi connectivity index (χ0) is 15.8. The summed E-state index contributed by atoms with van der Waals surface area (Å²) in [5.74, 6) is -1.15. The van der Waals surface area contributed by atoms with Crippen LogP contribution in [0.4, 0.5) is 5.13 Å². The van der Waals surface area contributed by atoms with Crippen LogP contribution in [0.3, 0.4) is 0 Å². The molecule has 2 aromatic rings. The molecule has 0 radical (unpaired) electrons. The number of carbonyl (C=O) groups is 1. The summed E-state index contributed by atoms with van der Waals surface area (Å²) in [6, 6.07) is 2.54. The van der Waals surface area contributed by atoms with E-state index < -0.39 is 16.0 Å². The Morgan fingerprint density at radius 3 is 2.48 bits per heavy atom. The molecule has 2 aromatic heterocycles. The summed E-state index contributed by atoms with van der Waals surface area (Å²) in [7, 11) is -3.81. The van der Waals surface area contributed by atoms with Crippen LogP contribution in [-0.2, 0) is 15.4 Å². The van der Waals surface area contributed by atoms with Crippen LogP contribution >= 0.6 is 22.7 Å². The topological polar surface area (TPSA) is 96.4 Å². The summed E-state index contributed by atoms with van der Waals surface area (Å²) < 4.78 is 26.7. The first-order valence-corrected chi connectivity index (χ1v) is 9.09. The summed E-state index contributed by atoms with van der Waals surface area (Å²) >= 11 is 1.90. The van der Waals surface area contributed by atoms with Gasteiger partial charge in [0.05, 0.1) is 5.69 Å². The fraction of sp³-hybridized carbons (Fsp3) is 0.333. The van der Waals surface area contributed by atoms with Crippen molar-refractivity contribution in [1.82, 2.24) is 4.98 Å². The number of thiophene rings is 1. The Kier molecular flexibility index (Phi) is 4.09. The maximum atomic E-state index is 12.2. The van der Waals surface area contributed by atoms with Crippen molar-refractivity contribution in [3.05, 3.63) is 28.1 Å². The highest BCUT2D eigenvalue weighted by molar-refractivity contribution is 7.94. The van der Waals surface area contributed by atoms with E-state index in [1.54, 1.807) is 5.38 Å². The van der Waals surface area contributed by atoms with Gasteiger partial charge >= 0.3 is 5.97 Å². The van der Waals surface area contributed by atoms with Crippen LogP contribution in [0.25, 0.3) is 0 Å². The van der Waals surface area contributed by atoms with Crippen molar-refractivity contribution in [3.8, 4) is 0 Å². The predicted octanol–water partition coefficient (Wildman–Crippen LogP) is 3.00. The van der Waals surface area contributed by atoms with Crippen molar-refractivity contribution in [2.24, 2.45) is 0 Å². The summed E-state index contributed by atoms with van der Waals surface area (Å²) in [4.78, 5) is 15.0. The molecule has 0 fully saturated rings. The van der Waals surface area contributed by atoms with E-state index in [4.69, 9.17) is 5.11 Å². The van der Waals surface area contributed by atoms with Gasteiger partial charge < -0.3 is 5.11 Å². The normalized spacial score (nSPS) is 12.3. The van der Waals surface area contributed by atoms with E-state index in [0.29, 0.717) is 11.3 Å². The monoisotopic (exact) mass is 346 g/mol. The maximum Gasteiger partial charge on any atom is 0.345 e. The number of thiazole rings is 1. The third-order valence-corrected chi connectivity index (χ3v) is 6.34. The largest absolute Gasteiger partial charge is 0.477 e. The highest BCUT2D eigenvalue weighted by Gasteiger charge is 2.22. The molecule has 0 spiro atoms. The van der Waals surface area contributed by atoms with Gasteiger partial charge in [-0.2, -0.15) is 0 Å². The van der Waals surface area contributed by atoms with E-state index in [1.807, 2.05) is 20.8 Å². The lowest BCUT2D eigenvalue weighted by molar-refractivity contribution is 0.0702. The molecule has 0 bridgehead atoms. The second-order valence-corrected chi connectivity index (χ2v) is 9.17. The SMILES string of the molecule is CC(C)(C)c1csc(NS(=O)(=O)c2ccc(C(=O)O)s2)n1. The van der Waals surface area contributed by atoms with Crippen LogP contribution < -0.4 is 4.72 Å². The average Bonchev–Trinajstić information content (AvgIpc) is 2.94. The van der Waals surface area contributed by atoms with E-state index >= 15 is 0 Å². The summed E-state index contributed by atoms with van der Waals surface area (Å²) in [6.07, 6.45) is 0. The highest BCUT2D eigenvalue weighted by Crippen LogP contribution is 2.29. The first-order valence-electron chi connectivity index (χ1n) is 5.91. The molecular weight excluding hydrogens is 332 g/mol. The van der Waals surface area contributed by atoms with Crippen molar-refractivity contribution in [2.75, 3.05) is 4.72 Å². The summed E-state index contributed by atoms with van der Waals surface area (Å²) in [5.41, 5.74) is 0.627. The van der Waals surface area contributed by atoms with E-state index in [-0.39, 0.29) is 19.6 Å². The molecule has 0 aromatic carbocycles. The molecule has 0 amide bonds. The number of aromatic carboxylic acids is 1. The number of anilines is 1. The Hall–Kier alpha value is -1.45. The molecule has 0 saturated carbocycles. The number of sulfonamides is 1. The van der Waals surface area contributed by atoms with Gasteiger partial charge in [0.15, 0.2) is 5.13 Å². The van der Waals surface area contributed by atoms with Crippen LogP contribution in [0.2, 0.25) is 0 Å². The Labute approximate surface area is 130 Å². The maximum absolute atomic E-state index is 12.2. The number of hydrogen-bond donors (Lipinski definition) is 2. The van der Waals surface area contributed by atoms with Gasteiger partial charge in [0.2, 0.25) is 0 Å². The number of nitrogens with zero attached hydrogens (tertiary/aromatic N) is 1. The molecule has 0 aliphatic rings. The Bertz CT molecular complexity index is 769. The molecule has 0 saturated heterocycles. The van der Waals surface area contributed by atoms with Crippen molar-refractivity contribution in [1.29, 1.82) is 0 Å². The van der Waals surface area contributed by atoms with E-state index in [1.165, 1.54) is 23.5 Å². The third-order valence-electron chi connectivity index (χ3n) is 2.55. The van der Waals surface area contributed by atoms with Gasteiger partial charge in [-0.3, -0.25) is 4.72 Å². The number of nitrogens with one attached hydrogen (secondary N) is 1. The van der Waals surface area contributed by atoms with Crippen LogP contribution in [-0.4, -0.2) is 24.5 Å². The standard InChI is InChI=1S/C12H14N2O4S3/c1-12(2,3)8-6-19-11(13-8)14-21(17,18)9-5-4-7(20-9)10(15)16/h4-6H,1-3H3,(H,13,14)(H,15,16). The van der Waals surface area contributed by atoms with Crippen LogP contribution in [0, 0.1) is 0 Å². The van der Waals surface area contributed by atoms with Gasteiger partial charge in [0, 0.05) is 10.8 Å². The Balaban J connectivity index is 2.24.